The molecule has 3 rings (SSSR count). The fraction of sp³-hybridized carbons (Fsp3) is 0.304. The molecule has 0 aliphatic carbocycles. The molecule has 0 spiro atoms. The molecule has 170 valence electrons. The number of esters is 1. The number of fused-ring (bicyclic) bond motifs is 1. The Hall–Kier alpha value is -3.33. The van der Waals surface area contributed by atoms with Gasteiger partial charge in [-0.25, -0.2) is 22.0 Å². The van der Waals surface area contributed by atoms with Crippen molar-refractivity contribution in [2.24, 2.45) is 0 Å². The summed E-state index contributed by atoms with van der Waals surface area (Å²) in [7, 11) is -2.65. The lowest BCUT2D eigenvalue weighted by Gasteiger charge is -2.22. The molecule has 8 nitrogen and oxygen atoms in total. The second kappa shape index (κ2) is 9.04. The van der Waals surface area contributed by atoms with Gasteiger partial charge < -0.3 is 14.8 Å². The number of nitrogens with one attached hydrogen (secondary N) is 1. The number of para-hydroxylation sites is 1. The van der Waals surface area contributed by atoms with Gasteiger partial charge in [-0.05, 0) is 44.5 Å². The SMILES string of the molecule is COC(=O)C(Cc1cn(S(=O)(=O)c2ccccc2)c2ccccc12)NC(=O)OC(C)(C)C. The minimum absolute atomic E-state index is 0.0176. The lowest BCUT2D eigenvalue weighted by molar-refractivity contribution is -0.143. The number of alkyl carbamates (subject to hydrolysis) is 1. The number of benzene rings is 2. The summed E-state index contributed by atoms with van der Waals surface area (Å²) in [4.78, 5) is 24.8. The fourth-order valence-electron chi connectivity index (χ4n) is 3.29. The standard InChI is InChI=1S/C23H26N2O6S/c1-23(2,3)31-22(27)24-19(21(26)30-4)14-16-15-25(20-13-9-8-12-18(16)20)32(28,29)17-10-6-5-7-11-17/h5-13,15,19H,14H2,1-4H3,(H,24,27). The predicted octanol–water partition coefficient (Wildman–Crippen LogP) is 3.49. The molecule has 0 aliphatic heterocycles. The molecule has 1 N–H and O–H groups in total. The van der Waals surface area contributed by atoms with Gasteiger partial charge >= 0.3 is 12.1 Å². The van der Waals surface area contributed by atoms with Gasteiger partial charge in [0.15, 0.2) is 0 Å². The lowest BCUT2D eigenvalue weighted by atomic mass is 10.1. The van der Waals surface area contributed by atoms with Crippen molar-refractivity contribution in [3.8, 4) is 0 Å². The molecule has 0 aliphatic rings. The summed E-state index contributed by atoms with van der Waals surface area (Å²) in [5.74, 6) is -0.668. The van der Waals surface area contributed by atoms with E-state index in [9.17, 15) is 18.0 Å². The van der Waals surface area contributed by atoms with Crippen LogP contribution >= 0.6 is 0 Å². The number of amides is 1. The van der Waals surface area contributed by atoms with E-state index in [4.69, 9.17) is 9.47 Å². The predicted molar refractivity (Wildman–Crippen MR) is 120 cm³/mol. The Morgan fingerprint density at radius 3 is 2.28 bits per heavy atom. The second-order valence-corrected chi connectivity index (χ2v) is 10.0. The van der Waals surface area contributed by atoms with E-state index < -0.39 is 33.7 Å². The largest absolute Gasteiger partial charge is 0.467 e. The van der Waals surface area contributed by atoms with Crippen LogP contribution in [0.3, 0.4) is 0 Å². The van der Waals surface area contributed by atoms with Crippen molar-refractivity contribution in [1.82, 2.24) is 9.29 Å². The summed E-state index contributed by atoms with van der Waals surface area (Å²) < 4.78 is 37.8. The molecule has 0 saturated heterocycles. The van der Waals surface area contributed by atoms with Crippen molar-refractivity contribution in [2.45, 2.75) is 43.7 Å². The Kier molecular flexibility index (Phi) is 6.59. The number of nitrogens with zero attached hydrogens (tertiary/aromatic N) is 1. The molecule has 1 atom stereocenters. The zero-order valence-corrected chi connectivity index (χ0v) is 19.2. The third kappa shape index (κ3) is 5.11. The minimum Gasteiger partial charge on any atom is -0.467 e. The maximum absolute atomic E-state index is 13.3. The summed E-state index contributed by atoms with van der Waals surface area (Å²) in [6.45, 7) is 5.13. The molecule has 0 fully saturated rings. The number of hydrogen-bond acceptors (Lipinski definition) is 6. The van der Waals surface area contributed by atoms with Crippen LogP contribution in [-0.2, 0) is 30.7 Å². The number of ether oxygens (including phenoxy) is 2. The summed E-state index contributed by atoms with van der Waals surface area (Å²) in [5, 5.41) is 3.17. The Morgan fingerprint density at radius 1 is 1.03 bits per heavy atom. The van der Waals surface area contributed by atoms with Crippen LogP contribution in [0.4, 0.5) is 4.79 Å². The molecule has 1 amide bonds. The average Bonchev–Trinajstić information content (AvgIpc) is 3.11. The maximum atomic E-state index is 13.3. The molecule has 0 radical (unpaired) electrons. The highest BCUT2D eigenvalue weighted by atomic mass is 32.2. The van der Waals surface area contributed by atoms with Crippen LogP contribution in [0.2, 0.25) is 0 Å². The maximum Gasteiger partial charge on any atom is 0.408 e. The summed E-state index contributed by atoms with van der Waals surface area (Å²) >= 11 is 0. The molecule has 9 heteroatoms. The number of rotatable bonds is 6. The highest BCUT2D eigenvalue weighted by Gasteiger charge is 2.28. The number of methoxy groups -OCH3 is 1. The molecular weight excluding hydrogens is 432 g/mol. The average molecular weight is 459 g/mol. The van der Waals surface area contributed by atoms with Gasteiger partial charge in [0.1, 0.15) is 11.6 Å². The van der Waals surface area contributed by atoms with Gasteiger partial charge in [0, 0.05) is 18.0 Å². The van der Waals surface area contributed by atoms with Crippen LogP contribution in [-0.4, -0.2) is 43.2 Å². The van der Waals surface area contributed by atoms with Gasteiger partial charge in [0.25, 0.3) is 10.0 Å². The molecule has 0 bridgehead atoms. The first kappa shape index (κ1) is 23.3. The smallest absolute Gasteiger partial charge is 0.408 e. The van der Waals surface area contributed by atoms with E-state index in [0.29, 0.717) is 16.5 Å². The fourth-order valence-corrected chi connectivity index (χ4v) is 4.70. The van der Waals surface area contributed by atoms with Crippen molar-refractivity contribution in [3.63, 3.8) is 0 Å². The van der Waals surface area contributed by atoms with Crippen molar-refractivity contribution in [3.05, 3.63) is 66.4 Å². The molecule has 3 aromatic rings. The van der Waals surface area contributed by atoms with Crippen LogP contribution in [0.5, 0.6) is 0 Å². The van der Waals surface area contributed by atoms with E-state index in [1.807, 2.05) is 0 Å². The second-order valence-electron chi connectivity index (χ2n) is 8.21. The zero-order valence-electron chi connectivity index (χ0n) is 18.4. The Bertz CT molecular complexity index is 1230. The molecule has 1 unspecified atom stereocenters. The zero-order chi connectivity index (χ0) is 23.5. The van der Waals surface area contributed by atoms with Gasteiger partial charge in [-0.2, -0.15) is 0 Å². The van der Waals surface area contributed by atoms with Crippen molar-refractivity contribution < 1.29 is 27.5 Å². The first-order valence-electron chi connectivity index (χ1n) is 10.00. The van der Waals surface area contributed by atoms with Crippen LogP contribution in [0.25, 0.3) is 10.9 Å². The highest BCUT2D eigenvalue weighted by Crippen LogP contribution is 2.27. The topological polar surface area (TPSA) is 104 Å². The van der Waals surface area contributed by atoms with E-state index in [1.54, 1.807) is 63.2 Å². The number of carbonyl (C=O) groups excluding carboxylic acids is 2. The van der Waals surface area contributed by atoms with Gasteiger partial charge in [-0.3, -0.25) is 0 Å². The van der Waals surface area contributed by atoms with Crippen molar-refractivity contribution in [1.29, 1.82) is 0 Å². The van der Waals surface area contributed by atoms with Crippen molar-refractivity contribution >= 4 is 33.0 Å². The number of aromatic nitrogens is 1. The molecule has 1 aromatic heterocycles. The molecule has 1 heterocycles. The summed E-state index contributed by atoms with van der Waals surface area (Å²) in [5.41, 5.74) is 0.281. The van der Waals surface area contributed by atoms with Crippen LogP contribution in [0, 0.1) is 0 Å². The molecule has 0 saturated carbocycles. The van der Waals surface area contributed by atoms with E-state index >= 15 is 0 Å². The summed E-state index contributed by atoms with van der Waals surface area (Å²) in [6, 6.07) is 14.0. The van der Waals surface area contributed by atoms with Gasteiger partial charge in [-0.1, -0.05) is 36.4 Å². The Balaban J connectivity index is 2.01. The number of carbonyl (C=O) groups is 2. The third-order valence-electron chi connectivity index (χ3n) is 4.66. The minimum atomic E-state index is -3.86. The van der Waals surface area contributed by atoms with Crippen LogP contribution in [0.1, 0.15) is 26.3 Å². The van der Waals surface area contributed by atoms with Crippen LogP contribution in [0.15, 0.2) is 65.7 Å². The van der Waals surface area contributed by atoms with E-state index in [2.05, 4.69) is 5.32 Å². The number of hydrogen-bond donors (Lipinski definition) is 1. The Morgan fingerprint density at radius 2 is 1.66 bits per heavy atom. The quantitative estimate of drug-likeness (QED) is 0.567. The molecule has 2 aromatic carbocycles. The third-order valence-corrected chi connectivity index (χ3v) is 6.35. The highest BCUT2D eigenvalue weighted by molar-refractivity contribution is 7.90. The lowest BCUT2D eigenvalue weighted by Crippen LogP contribution is -2.45. The van der Waals surface area contributed by atoms with E-state index in [1.165, 1.54) is 29.4 Å². The van der Waals surface area contributed by atoms with Gasteiger partial charge in [0.05, 0.1) is 17.5 Å². The van der Waals surface area contributed by atoms with Gasteiger partial charge in [-0.15, -0.1) is 0 Å². The van der Waals surface area contributed by atoms with E-state index in [0.717, 1.165) is 0 Å². The Labute approximate surface area is 187 Å². The normalized spacial score (nSPS) is 12.9. The van der Waals surface area contributed by atoms with Crippen molar-refractivity contribution in [2.75, 3.05) is 7.11 Å². The van der Waals surface area contributed by atoms with E-state index in [-0.39, 0.29) is 11.3 Å². The first-order chi connectivity index (χ1) is 15.0. The first-order valence-corrected chi connectivity index (χ1v) is 11.4. The van der Waals surface area contributed by atoms with Gasteiger partial charge in [0.2, 0.25) is 0 Å². The van der Waals surface area contributed by atoms with Crippen LogP contribution < -0.4 is 5.32 Å². The monoisotopic (exact) mass is 458 g/mol. The summed E-state index contributed by atoms with van der Waals surface area (Å²) in [6.07, 6.45) is 0.720. The molecular formula is C23H26N2O6S. The molecule has 32 heavy (non-hydrogen) atoms.